The maximum atomic E-state index is 5.35. The van der Waals surface area contributed by atoms with Gasteiger partial charge < -0.3 is 4.57 Å². The molecule has 0 radical (unpaired) electrons. The third-order valence-electron chi connectivity index (χ3n) is 9.79. The number of hydrogen-bond acceptors (Lipinski definition) is 2. The average Bonchev–Trinajstić information content (AvgIpc) is 3.52. The van der Waals surface area contributed by atoms with E-state index in [0.717, 1.165) is 44.8 Å². The highest BCUT2D eigenvalue weighted by molar-refractivity contribution is 6.26. The fourth-order valence-corrected chi connectivity index (χ4v) is 7.57. The molecule has 2 heterocycles. The summed E-state index contributed by atoms with van der Waals surface area (Å²) in [6.45, 7) is 0. The zero-order valence-corrected chi connectivity index (χ0v) is 26.6. The van der Waals surface area contributed by atoms with Crippen molar-refractivity contribution in [1.29, 1.82) is 0 Å². The van der Waals surface area contributed by atoms with E-state index in [-0.39, 0.29) is 0 Å². The molecular formula is C46H29N3. The first kappa shape index (κ1) is 27.5. The molecular weight excluding hydrogens is 595 g/mol. The number of para-hydroxylation sites is 2. The van der Waals surface area contributed by atoms with Gasteiger partial charge in [0.1, 0.15) is 0 Å². The molecule has 0 spiro atoms. The van der Waals surface area contributed by atoms with Gasteiger partial charge in [0.05, 0.1) is 28.1 Å². The smallest absolute Gasteiger partial charge is 0.160 e. The predicted molar refractivity (Wildman–Crippen MR) is 205 cm³/mol. The highest BCUT2D eigenvalue weighted by atomic mass is 15.0. The molecule has 0 aliphatic carbocycles. The zero-order chi connectivity index (χ0) is 32.3. The Bertz CT molecular complexity index is 2760. The second-order valence-corrected chi connectivity index (χ2v) is 12.6. The summed E-state index contributed by atoms with van der Waals surface area (Å²) in [5, 5.41) is 9.85. The Morgan fingerprint density at radius 1 is 0.327 bits per heavy atom. The molecule has 8 aromatic carbocycles. The van der Waals surface area contributed by atoms with Crippen molar-refractivity contribution in [2.45, 2.75) is 0 Å². The Hall–Kier alpha value is -6.58. The Morgan fingerprint density at radius 2 is 0.755 bits per heavy atom. The van der Waals surface area contributed by atoms with Crippen molar-refractivity contribution in [2.24, 2.45) is 0 Å². The van der Waals surface area contributed by atoms with Gasteiger partial charge in [-0.25, -0.2) is 9.97 Å². The van der Waals surface area contributed by atoms with Crippen molar-refractivity contribution in [2.75, 3.05) is 0 Å². The fraction of sp³-hybridized carbons (Fsp3) is 0. The second kappa shape index (κ2) is 11.0. The van der Waals surface area contributed by atoms with Crippen LogP contribution in [0.25, 0.3) is 93.7 Å². The lowest BCUT2D eigenvalue weighted by atomic mass is 9.91. The van der Waals surface area contributed by atoms with Gasteiger partial charge in [0.25, 0.3) is 0 Å². The third kappa shape index (κ3) is 4.37. The van der Waals surface area contributed by atoms with Gasteiger partial charge in [0, 0.05) is 27.5 Å². The van der Waals surface area contributed by atoms with Gasteiger partial charge in [-0.1, -0.05) is 146 Å². The van der Waals surface area contributed by atoms with Crippen LogP contribution in [0.5, 0.6) is 0 Å². The molecule has 0 amide bonds. The van der Waals surface area contributed by atoms with E-state index in [2.05, 4.69) is 156 Å². The molecule has 0 saturated carbocycles. The molecule has 10 rings (SSSR count). The molecule has 3 nitrogen and oxygen atoms in total. The number of nitrogens with zero attached hydrogens (tertiary/aromatic N) is 3. The van der Waals surface area contributed by atoms with Gasteiger partial charge in [-0.15, -0.1) is 0 Å². The van der Waals surface area contributed by atoms with E-state index >= 15 is 0 Å². The number of benzene rings is 8. The fourth-order valence-electron chi connectivity index (χ4n) is 7.57. The van der Waals surface area contributed by atoms with Crippen molar-refractivity contribution in [3.8, 4) is 39.6 Å². The summed E-state index contributed by atoms with van der Waals surface area (Å²) in [7, 11) is 0. The van der Waals surface area contributed by atoms with Crippen LogP contribution >= 0.6 is 0 Å². The van der Waals surface area contributed by atoms with Crippen molar-refractivity contribution in [3.05, 3.63) is 176 Å². The van der Waals surface area contributed by atoms with Crippen LogP contribution in [0.1, 0.15) is 0 Å². The van der Waals surface area contributed by atoms with Gasteiger partial charge in [-0.05, 0) is 62.6 Å². The summed E-state index contributed by atoms with van der Waals surface area (Å²) >= 11 is 0. The molecule has 10 aromatic rings. The molecule has 2 aromatic heterocycles. The first-order valence-electron chi connectivity index (χ1n) is 16.7. The number of hydrogen-bond donors (Lipinski definition) is 0. The third-order valence-corrected chi connectivity index (χ3v) is 9.79. The number of fused-ring (bicyclic) bond motifs is 9. The van der Waals surface area contributed by atoms with Crippen LogP contribution in [0.4, 0.5) is 0 Å². The number of rotatable bonds is 4. The SMILES string of the molecule is c1ccc(-c2cc(-c3cc4c5ccccc5c5ccccc5c4cc3-n3c4ccccc4c4ccccc43)nc(-c3ccccc3)n2)cc1. The largest absolute Gasteiger partial charge is 0.309 e. The molecule has 0 atom stereocenters. The summed E-state index contributed by atoms with van der Waals surface area (Å²) < 4.78 is 2.43. The lowest BCUT2D eigenvalue weighted by Crippen LogP contribution is -2.01. The van der Waals surface area contributed by atoms with Crippen LogP contribution in [0, 0.1) is 0 Å². The van der Waals surface area contributed by atoms with Crippen molar-refractivity contribution in [1.82, 2.24) is 14.5 Å². The highest BCUT2D eigenvalue weighted by Crippen LogP contribution is 2.43. The van der Waals surface area contributed by atoms with Gasteiger partial charge in [-0.2, -0.15) is 0 Å². The lowest BCUT2D eigenvalue weighted by molar-refractivity contribution is 1.15. The van der Waals surface area contributed by atoms with E-state index in [9.17, 15) is 0 Å². The van der Waals surface area contributed by atoms with E-state index in [1.807, 2.05) is 24.3 Å². The Morgan fingerprint density at radius 3 is 1.33 bits per heavy atom. The minimum absolute atomic E-state index is 0.702. The van der Waals surface area contributed by atoms with E-state index in [1.165, 1.54) is 43.1 Å². The minimum atomic E-state index is 0.702. The topological polar surface area (TPSA) is 30.7 Å². The first-order chi connectivity index (χ1) is 24.3. The normalized spacial score (nSPS) is 11.7. The summed E-state index contributed by atoms with van der Waals surface area (Å²) in [4.78, 5) is 10.5. The minimum Gasteiger partial charge on any atom is -0.309 e. The highest BCUT2D eigenvalue weighted by Gasteiger charge is 2.21. The average molecular weight is 624 g/mol. The molecule has 0 unspecified atom stereocenters. The van der Waals surface area contributed by atoms with Crippen molar-refractivity contribution in [3.63, 3.8) is 0 Å². The van der Waals surface area contributed by atoms with Crippen molar-refractivity contribution >= 4 is 54.1 Å². The Kier molecular flexibility index (Phi) is 6.18. The van der Waals surface area contributed by atoms with Crippen LogP contribution in [-0.2, 0) is 0 Å². The number of aromatic nitrogens is 3. The lowest BCUT2D eigenvalue weighted by Gasteiger charge is -2.19. The van der Waals surface area contributed by atoms with E-state index in [1.54, 1.807) is 0 Å². The van der Waals surface area contributed by atoms with Crippen molar-refractivity contribution < 1.29 is 0 Å². The van der Waals surface area contributed by atoms with Gasteiger partial charge in [-0.3, -0.25) is 0 Å². The Labute approximate surface area is 283 Å². The maximum Gasteiger partial charge on any atom is 0.160 e. The van der Waals surface area contributed by atoms with Crippen LogP contribution in [0.15, 0.2) is 176 Å². The molecule has 228 valence electrons. The monoisotopic (exact) mass is 623 g/mol. The van der Waals surface area contributed by atoms with E-state index in [0.29, 0.717) is 5.82 Å². The molecule has 0 aliphatic rings. The van der Waals surface area contributed by atoms with Crippen LogP contribution in [0.3, 0.4) is 0 Å². The van der Waals surface area contributed by atoms with E-state index in [4.69, 9.17) is 9.97 Å². The molecule has 0 aliphatic heterocycles. The van der Waals surface area contributed by atoms with E-state index < -0.39 is 0 Å². The van der Waals surface area contributed by atoms with Crippen LogP contribution < -0.4 is 0 Å². The predicted octanol–water partition coefficient (Wildman–Crippen LogP) is 12.0. The molecule has 49 heavy (non-hydrogen) atoms. The van der Waals surface area contributed by atoms with Crippen LogP contribution in [-0.4, -0.2) is 14.5 Å². The molecule has 0 bridgehead atoms. The Balaban J connectivity index is 1.39. The summed E-state index contributed by atoms with van der Waals surface area (Å²) in [5.74, 6) is 0.702. The van der Waals surface area contributed by atoms with Gasteiger partial charge in [0.2, 0.25) is 0 Å². The zero-order valence-electron chi connectivity index (χ0n) is 26.6. The molecule has 3 heteroatoms. The summed E-state index contributed by atoms with van der Waals surface area (Å²) in [6, 6.07) is 62.6. The maximum absolute atomic E-state index is 5.35. The quantitative estimate of drug-likeness (QED) is 0.183. The van der Waals surface area contributed by atoms with Crippen LogP contribution in [0.2, 0.25) is 0 Å². The molecule has 0 saturated heterocycles. The standard InChI is InChI=1S/C46H29N3/c1-3-15-30(16-4-1)41-29-42(48-46(47-41)31-17-5-2-6-18-31)40-27-38-34-21-9-7-19-32(34)33-20-8-10-22-35(33)39(38)28-45(40)49-43-25-13-11-23-36(43)37-24-12-14-26-44(37)49/h1-29H. The van der Waals surface area contributed by atoms with Gasteiger partial charge >= 0.3 is 0 Å². The first-order valence-corrected chi connectivity index (χ1v) is 16.7. The molecule has 0 N–H and O–H groups in total. The summed E-state index contributed by atoms with van der Waals surface area (Å²) in [6.07, 6.45) is 0. The summed E-state index contributed by atoms with van der Waals surface area (Å²) in [5.41, 5.74) is 8.27. The second-order valence-electron chi connectivity index (χ2n) is 12.6. The van der Waals surface area contributed by atoms with Gasteiger partial charge in [0.15, 0.2) is 5.82 Å². The molecule has 0 fully saturated rings.